The normalized spacial score (nSPS) is 10.6. The zero-order valence-corrected chi connectivity index (χ0v) is 10.1. The predicted molar refractivity (Wildman–Crippen MR) is 65.1 cm³/mol. The van der Waals surface area contributed by atoms with Crippen molar-refractivity contribution in [3.8, 4) is 11.3 Å². The minimum Gasteiger partial charge on any atom is -0.312 e. The first-order valence-corrected chi connectivity index (χ1v) is 5.80. The van der Waals surface area contributed by atoms with Gasteiger partial charge in [-0.15, -0.1) is 0 Å². The molecule has 0 atom stereocenters. The van der Waals surface area contributed by atoms with Crippen LogP contribution in [0.2, 0.25) is 10.0 Å². The number of hydrogen-bond donors (Lipinski definition) is 1. The summed E-state index contributed by atoms with van der Waals surface area (Å²) < 4.78 is 0. The predicted octanol–water partition coefficient (Wildman–Crippen LogP) is 3.72. The van der Waals surface area contributed by atoms with Crippen LogP contribution in [0.5, 0.6) is 0 Å². The van der Waals surface area contributed by atoms with Gasteiger partial charge in [0.25, 0.3) is 0 Å². The van der Waals surface area contributed by atoms with Crippen molar-refractivity contribution < 1.29 is 0 Å². The number of aryl methyl sites for hydroxylation is 1. The molecule has 15 heavy (non-hydrogen) atoms. The van der Waals surface area contributed by atoms with Gasteiger partial charge in [0.15, 0.2) is 0 Å². The summed E-state index contributed by atoms with van der Waals surface area (Å²) in [4.78, 5) is 14.8. The Bertz CT molecular complexity index is 559. The minimum absolute atomic E-state index is 0.0615. The number of aromatic amines is 1. The van der Waals surface area contributed by atoms with Gasteiger partial charge in [-0.25, -0.2) is 0 Å². The van der Waals surface area contributed by atoms with E-state index in [0.29, 0.717) is 10.0 Å². The van der Waals surface area contributed by atoms with Crippen LogP contribution in [-0.4, -0.2) is 4.98 Å². The van der Waals surface area contributed by atoms with E-state index in [-0.39, 0.29) is 4.87 Å². The first kappa shape index (κ1) is 10.7. The summed E-state index contributed by atoms with van der Waals surface area (Å²) in [7, 11) is 0. The molecule has 0 aliphatic heterocycles. The highest BCUT2D eigenvalue weighted by molar-refractivity contribution is 7.09. The summed E-state index contributed by atoms with van der Waals surface area (Å²) in [5.41, 5.74) is 1.68. The molecular weight excluding hydrogens is 253 g/mol. The molecule has 0 bridgehead atoms. The van der Waals surface area contributed by atoms with Gasteiger partial charge in [0.2, 0.25) is 0 Å². The third kappa shape index (κ3) is 2.09. The summed E-state index contributed by atoms with van der Waals surface area (Å²) in [6, 6.07) is 5.29. The lowest BCUT2D eigenvalue weighted by Crippen LogP contribution is -1.92. The quantitative estimate of drug-likeness (QED) is 0.832. The van der Waals surface area contributed by atoms with Crippen molar-refractivity contribution in [2.75, 3.05) is 0 Å². The standard InChI is InChI=1S/C10H7Cl2NOS/c1-5-9(13-10(14)15-5)6-2-3-7(11)8(12)4-6/h2-4H,1H3,(H,13,14). The average Bonchev–Trinajstić information content (AvgIpc) is 2.50. The van der Waals surface area contributed by atoms with E-state index in [1.165, 1.54) is 11.3 Å². The van der Waals surface area contributed by atoms with Crippen LogP contribution in [0.15, 0.2) is 23.0 Å². The largest absolute Gasteiger partial charge is 0.312 e. The van der Waals surface area contributed by atoms with Gasteiger partial charge in [-0.3, -0.25) is 4.79 Å². The minimum atomic E-state index is -0.0615. The fraction of sp³-hybridized carbons (Fsp3) is 0.100. The van der Waals surface area contributed by atoms with Gasteiger partial charge in [0.1, 0.15) is 0 Å². The molecule has 2 nitrogen and oxygen atoms in total. The van der Waals surface area contributed by atoms with Crippen molar-refractivity contribution in [3.05, 3.63) is 42.8 Å². The van der Waals surface area contributed by atoms with E-state index in [2.05, 4.69) is 4.98 Å². The van der Waals surface area contributed by atoms with Crippen LogP contribution in [0.1, 0.15) is 4.88 Å². The van der Waals surface area contributed by atoms with Crippen LogP contribution < -0.4 is 4.87 Å². The van der Waals surface area contributed by atoms with Crippen LogP contribution in [0.25, 0.3) is 11.3 Å². The SMILES string of the molecule is Cc1sc(=O)[nH]c1-c1ccc(Cl)c(Cl)c1. The Morgan fingerprint density at radius 2 is 2.00 bits per heavy atom. The van der Waals surface area contributed by atoms with Crippen molar-refractivity contribution in [1.29, 1.82) is 0 Å². The lowest BCUT2D eigenvalue weighted by Gasteiger charge is -2.01. The summed E-state index contributed by atoms with van der Waals surface area (Å²) in [5.74, 6) is 0. The zero-order valence-electron chi connectivity index (χ0n) is 7.80. The molecule has 0 amide bonds. The van der Waals surface area contributed by atoms with Gasteiger partial charge in [-0.1, -0.05) is 40.6 Å². The Morgan fingerprint density at radius 1 is 1.27 bits per heavy atom. The lowest BCUT2D eigenvalue weighted by molar-refractivity contribution is 1.32. The molecule has 0 unspecified atom stereocenters. The molecule has 0 fully saturated rings. The molecule has 0 spiro atoms. The average molecular weight is 260 g/mol. The van der Waals surface area contributed by atoms with Crippen molar-refractivity contribution in [1.82, 2.24) is 4.98 Å². The number of halogens is 2. The number of thiazole rings is 1. The van der Waals surface area contributed by atoms with Crippen molar-refractivity contribution in [3.63, 3.8) is 0 Å². The van der Waals surface area contributed by atoms with Gasteiger partial charge >= 0.3 is 4.87 Å². The van der Waals surface area contributed by atoms with Crippen LogP contribution >= 0.6 is 34.5 Å². The van der Waals surface area contributed by atoms with E-state index in [0.717, 1.165) is 16.1 Å². The Balaban J connectivity index is 2.59. The molecule has 1 aromatic carbocycles. The van der Waals surface area contributed by atoms with Crippen LogP contribution in [0, 0.1) is 6.92 Å². The third-order valence-electron chi connectivity index (χ3n) is 2.03. The molecule has 78 valence electrons. The fourth-order valence-corrected chi connectivity index (χ4v) is 2.33. The Kier molecular flexibility index (Phi) is 2.87. The van der Waals surface area contributed by atoms with E-state index in [9.17, 15) is 4.79 Å². The number of H-pyrrole nitrogens is 1. The van der Waals surface area contributed by atoms with Gasteiger partial charge in [-0.05, 0) is 19.1 Å². The maximum Gasteiger partial charge on any atom is 0.305 e. The second-order valence-electron chi connectivity index (χ2n) is 3.07. The molecule has 0 saturated heterocycles. The van der Waals surface area contributed by atoms with Crippen LogP contribution in [0.3, 0.4) is 0 Å². The smallest absolute Gasteiger partial charge is 0.305 e. The third-order valence-corrected chi connectivity index (χ3v) is 3.57. The molecule has 0 aliphatic rings. The number of nitrogens with one attached hydrogen (secondary N) is 1. The van der Waals surface area contributed by atoms with Crippen LogP contribution in [-0.2, 0) is 0 Å². The van der Waals surface area contributed by atoms with Crippen LogP contribution in [0.4, 0.5) is 0 Å². The van der Waals surface area contributed by atoms with Gasteiger partial charge in [-0.2, -0.15) is 0 Å². The number of rotatable bonds is 1. The maximum atomic E-state index is 11.1. The first-order valence-electron chi connectivity index (χ1n) is 4.23. The first-order chi connectivity index (χ1) is 7.08. The van der Waals surface area contributed by atoms with Crippen molar-refractivity contribution in [2.45, 2.75) is 6.92 Å². The highest BCUT2D eigenvalue weighted by Crippen LogP contribution is 2.29. The molecule has 1 heterocycles. The van der Waals surface area contributed by atoms with E-state index in [1.54, 1.807) is 12.1 Å². The molecule has 2 aromatic rings. The molecular formula is C10H7Cl2NOS. The molecule has 1 aromatic heterocycles. The van der Waals surface area contributed by atoms with Crippen molar-refractivity contribution >= 4 is 34.5 Å². The zero-order chi connectivity index (χ0) is 11.0. The van der Waals surface area contributed by atoms with E-state index >= 15 is 0 Å². The maximum absolute atomic E-state index is 11.1. The van der Waals surface area contributed by atoms with Gasteiger partial charge in [0, 0.05) is 10.4 Å². The van der Waals surface area contributed by atoms with E-state index < -0.39 is 0 Å². The fourth-order valence-electron chi connectivity index (χ4n) is 1.33. The molecule has 5 heteroatoms. The van der Waals surface area contributed by atoms with Crippen molar-refractivity contribution in [2.24, 2.45) is 0 Å². The second kappa shape index (κ2) is 4.00. The van der Waals surface area contributed by atoms with Gasteiger partial charge < -0.3 is 4.98 Å². The molecule has 1 N–H and O–H groups in total. The second-order valence-corrected chi connectivity index (χ2v) is 5.08. The number of hydrogen-bond acceptors (Lipinski definition) is 2. The van der Waals surface area contributed by atoms with E-state index in [4.69, 9.17) is 23.2 Å². The Labute approximate surface area is 100 Å². The van der Waals surface area contributed by atoms with E-state index in [1.807, 2.05) is 13.0 Å². The lowest BCUT2D eigenvalue weighted by atomic mass is 10.1. The number of benzene rings is 1. The topological polar surface area (TPSA) is 32.9 Å². The summed E-state index contributed by atoms with van der Waals surface area (Å²) >= 11 is 12.9. The number of aromatic nitrogens is 1. The Hall–Kier alpha value is -0.770. The molecule has 0 aliphatic carbocycles. The monoisotopic (exact) mass is 259 g/mol. The van der Waals surface area contributed by atoms with Gasteiger partial charge in [0.05, 0.1) is 15.7 Å². The Morgan fingerprint density at radius 3 is 2.53 bits per heavy atom. The highest BCUT2D eigenvalue weighted by Gasteiger charge is 2.07. The molecule has 2 rings (SSSR count). The molecule has 0 radical (unpaired) electrons. The summed E-state index contributed by atoms with van der Waals surface area (Å²) in [6.07, 6.45) is 0. The highest BCUT2D eigenvalue weighted by atomic mass is 35.5. The molecule has 0 saturated carbocycles. The summed E-state index contributed by atoms with van der Waals surface area (Å²) in [6.45, 7) is 1.89. The summed E-state index contributed by atoms with van der Waals surface area (Å²) in [5, 5.41) is 0.997.